The Morgan fingerprint density at radius 3 is 1.65 bits per heavy atom. The number of halogens is 2. The molecule has 0 amide bonds. The van der Waals surface area contributed by atoms with E-state index in [0.29, 0.717) is 13.0 Å². The third-order valence-electron chi connectivity index (χ3n) is 2.01. The molecule has 0 aromatic carbocycles. The van der Waals surface area contributed by atoms with Gasteiger partial charge in [0.15, 0.2) is 0 Å². The van der Waals surface area contributed by atoms with Crippen molar-refractivity contribution in [3.63, 3.8) is 0 Å². The molecular formula is C11H26I2N2O2. The van der Waals surface area contributed by atoms with Gasteiger partial charge < -0.3 is 61.7 Å². The van der Waals surface area contributed by atoms with Crippen molar-refractivity contribution in [1.29, 1.82) is 0 Å². The minimum Gasteiger partial charge on any atom is -1.00 e. The zero-order valence-corrected chi connectivity index (χ0v) is 16.1. The van der Waals surface area contributed by atoms with Crippen LogP contribution in [0.3, 0.4) is 0 Å². The van der Waals surface area contributed by atoms with Gasteiger partial charge >= 0.3 is 5.97 Å². The molecule has 0 spiro atoms. The summed E-state index contributed by atoms with van der Waals surface area (Å²) in [4.78, 5) is 11.3. The van der Waals surface area contributed by atoms with E-state index in [9.17, 15) is 4.79 Å². The maximum atomic E-state index is 11.3. The minimum atomic E-state index is -0.0866. The Labute approximate surface area is 140 Å². The maximum absolute atomic E-state index is 11.3. The lowest BCUT2D eigenvalue weighted by Crippen LogP contribution is -3.00. The SMILES string of the molecule is C[N+](C)(C)CCOC(=O)CC[N+](C)(C)C.[I-].[I-]. The van der Waals surface area contributed by atoms with Gasteiger partial charge in [0, 0.05) is 0 Å². The quantitative estimate of drug-likeness (QED) is 0.219. The maximum Gasteiger partial charge on any atom is 0.311 e. The molecule has 0 bridgehead atoms. The molecule has 0 heterocycles. The third kappa shape index (κ3) is 19.4. The molecule has 0 radical (unpaired) electrons. The van der Waals surface area contributed by atoms with Crippen molar-refractivity contribution in [3.8, 4) is 0 Å². The van der Waals surface area contributed by atoms with Crippen molar-refractivity contribution in [1.82, 2.24) is 0 Å². The first-order valence-corrected chi connectivity index (χ1v) is 5.37. The molecule has 0 aromatic heterocycles. The molecule has 6 heteroatoms. The number of hydrogen-bond acceptors (Lipinski definition) is 2. The van der Waals surface area contributed by atoms with Crippen LogP contribution in [-0.4, -0.2) is 76.9 Å². The van der Waals surface area contributed by atoms with Gasteiger partial charge in [0.2, 0.25) is 0 Å². The van der Waals surface area contributed by atoms with Gasteiger partial charge in [0.05, 0.1) is 55.3 Å². The first-order valence-electron chi connectivity index (χ1n) is 5.37. The Kier molecular flexibility index (Phi) is 13.2. The fourth-order valence-corrected chi connectivity index (χ4v) is 0.932. The predicted octanol–water partition coefficient (Wildman–Crippen LogP) is -5.66. The van der Waals surface area contributed by atoms with Crippen LogP contribution in [0.1, 0.15) is 6.42 Å². The Morgan fingerprint density at radius 1 is 0.882 bits per heavy atom. The van der Waals surface area contributed by atoms with E-state index in [0.717, 1.165) is 22.1 Å². The van der Waals surface area contributed by atoms with E-state index in [1.807, 2.05) is 0 Å². The monoisotopic (exact) mass is 472 g/mol. The Balaban J connectivity index is -0.000000980. The van der Waals surface area contributed by atoms with E-state index in [1.165, 1.54) is 0 Å². The van der Waals surface area contributed by atoms with E-state index in [-0.39, 0.29) is 53.9 Å². The molecule has 17 heavy (non-hydrogen) atoms. The smallest absolute Gasteiger partial charge is 0.311 e. The molecule has 0 aliphatic carbocycles. The van der Waals surface area contributed by atoms with E-state index >= 15 is 0 Å². The van der Waals surface area contributed by atoms with E-state index < -0.39 is 0 Å². The number of carbonyl (C=O) groups is 1. The fraction of sp³-hybridized carbons (Fsp3) is 0.909. The van der Waals surface area contributed by atoms with Crippen molar-refractivity contribution in [2.24, 2.45) is 0 Å². The van der Waals surface area contributed by atoms with Crippen molar-refractivity contribution < 1.29 is 66.5 Å². The molecule has 0 rings (SSSR count). The van der Waals surface area contributed by atoms with Crippen LogP contribution < -0.4 is 48.0 Å². The summed E-state index contributed by atoms with van der Waals surface area (Å²) in [6.07, 6.45) is 0.501. The van der Waals surface area contributed by atoms with Crippen molar-refractivity contribution in [2.75, 3.05) is 62.0 Å². The number of rotatable bonds is 6. The number of quaternary nitrogens is 2. The van der Waals surface area contributed by atoms with Crippen molar-refractivity contribution >= 4 is 5.97 Å². The van der Waals surface area contributed by atoms with E-state index in [4.69, 9.17) is 4.74 Å². The zero-order chi connectivity index (χ0) is 12.1. The number of likely N-dealkylation sites (N-methyl/N-ethyl adjacent to an activating group) is 1. The standard InChI is InChI=1S/C11H26N2O2.2HI/c1-12(2,3)8-7-11(14)15-10-9-13(4,5)6;;/h7-10H2,1-6H3;2*1H/q+2;;/p-2. The molecule has 4 nitrogen and oxygen atoms in total. The van der Waals surface area contributed by atoms with Gasteiger partial charge in [-0.25, -0.2) is 0 Å². The summed E-state index contributed by atoms with van der Waals surface area (Å²) < 4.78 is 6.77. The van der Waals surface area contributed by atoms with Crippen LogP contribution in [0.4, 0.5) is 0 Å². The average Bonchev–Trinajstić information content (AvgIpc) is 1.97. The first kappa shape index (κ1) is 23.0. The van der Waals surface area contributed by atoms with Gasteiger partial charge in [-0.3, -0.25) is 4.79 Å². The van der Waals surface area contributed by atoms with Crippen LogP contribution in [0.15, 0.2) is 0 Å². The molecule has 0 N–H and O–H groups in total. The fourth-order valence-electron chi connectivity index (χ4n) is 0.932. The minimum absolute atomic E-state index is 0. The normalized spacial score (nSPS) is 11.2. The summed E-state index contributed by atoms with van der Waals surface area (Å²) >= 11 is 0. The molecule has 0 saturated carbocycles. The average molecular weight is 472 g/mol. The Morgan fingerprint density at radius 2 is 1.29 bits per heavy atom. The Bertz CT molecular complexity index is 210. The molecule has 0 saturated heterocycles. The molecule has 106 valence electrons. The summed E-state index contributed by atoms with van der Waals surface area (Å²) in [6.45, 7) is 2.19. The summed E-state index contributed by atoms with van der Waals surface area (Å²) in [7, 11) is 12.5. The molecule has 0 aromatic rings. The molecular weight excluding hydrogens is 446 g/mol. The van der Waals surface area contributed by atoms with Gasteiger partial charge in [-0.15, -0.1) is 0 Å². The van der Waals surface area contributed by atoms with Crippen molar-refractivity contribution in [3.05, 3.63) is 0 Å². The van der Waals surface area contributed by atoms with Gasteiger partial charge in [0.1, 0.15) is 13.2 Å². The summed E-state index contributed by atoms with van der Waals surface area (Å²) in [5.74, 6) is -0.0866. The lowest BCUT2D eigenvalue weighted by molar-refractivity contribution is -0.871. The molecule has 0 atom stereocenters. The second kappa shape index (κ2) is 9.74. The van der Waals surface area contributed by atoms with Gasteiger partial charge in [-0.05, 0) is 0 Å². The topological polar surface area (TPSA) is 26.3 Å². The van der Waals surface area contributed by atoms with Crippen LogP contribution in [0.5, 0.6) is 0 Å². The van der Waals surface area contributed by atoms with Crippen LogP contribution in [0, 0.1) is 0 Å². The third-order valence-corrected chi connectivity index (χ3v) is 2.01. The zero-order valence-electron chi connectivity index (χ0n) is 11.8. The molecule has 0 aliphatic heterocycles. The highest BCUT2D eigenvalue weighted by Gasteiger charge is 2.13. The predicted molar refractivity (Wildman–Crippen MR) is 61.4 cm³/mol. The van der Waals surface area contributed by atoms with Crippen LogP contribution in [0.25, 0.3) is 0 Å². The molecule has 0 aliphatic rings. The second-order valence-corrected chi connectivity index (χ2v) is 6.00. The van der Waals surface area contributed by atoms with Crippen LogP contribution in [-0.2, 0) is 9.53 Å². The lowest BCUT2D eigenvalue weighted by Gasteiger charge is -2.24. The highest BCUT2D eigenvalue weighted by Crippen LogP contribution is 1.96. The number of nitrogens with zero attached hydrogens (tertiary/aromatic N) is 2. The lowest BCUT2D eigenvalue weighted by atomic mass is 10.4. The molecule has 0 fully saturated rings. The summed E-state index contributed by atoms with van der Waals surface area (Å²) in [5, 5.41) is 0. The number of esters is 1. The Hall–Kier alpha value is 0.850. The summed E-state index contributed by atoms with van der Waals surface area (Å²) in [6, 6.07) is 0. The number of hydrogen-bond donors (Lipinski definition) is 0. The van der Waals surface area contributed by atoms with Gasteiger partial charge in [0.25, 0.3) is 0 Å². The van der Waals surface area contributed by atoms with E-state index in [2.05, 4.69) is 42.3 Å². The second-order valence-electron chi connectivity index (χ2n) is 6.00. The van der Waals surface area contributed by atoms with Gasteiger partial charge in [-0.2, -0.15) is 0 Å². The molecule has 0 unspecified atom stereocenters. The number of carbonyl (C=O) groups excluding carboxylic acids is 1. The first-order chi connectivity index (χ1) is 6.60. The number of ether oxygens (including phenoxy) is 1. The highest BCUT2D eigenvalue weighted by atomic mass is 127. The van der Waals surface area contributed by atoms with Crippen molar-refractivity contribution in [2.45, 2.75) is 6.42 Å². The van der Waals surface area contributed by atoms with E-state index in [1.54, 1.807) is 0 Å². The highest BCUT2D eigenvalue weighted by molar-refractivity contribution is 5.69. The largest absolute Gasteiger partial charge is 1.00 e. The van der Waals surface area contributed by atoms with Crippen LogP contribution >= 0.6 is 0 Å². The summed E-state index contributed by atoms with van der Waals surface area (Å²) in [5.41, 5.74) is 0. The van der Waals surface area contributed by atoms with Crippen LogP contribution in [0.2, 0.25) is 0 Å². The van der Waals surface area contributed by atoms with Gasteiger partial charge in [-0.1, -0.05) is 0 Å².